The molecule has 3 aromatic rings. The summed E-state index contributed by atoms with van der Waals surface area (Å²) in [5, 5.41) is 14.6. The fourth-order valence-electron chi connectivity index (χ4n) is 4.97. The molecule has 0 unspecified atom stereocenters. The van der Waals surface area contributed by atoms with Gasteiger partial charge in [0.2, 0.25) is 0 Å². The number of benzene rings is 2. The van der Waals surface area contributed by atoms with Crippen LogP contribution in [0.3, 0.4) is 0 Å². The van der Waals surface area contributed by atoms with Crippen LogP contribution >= 0.6 is 0 Å². The molecule has 2 atom stereocenters. The maximum absolute atomic E-state index is 12.6. The molecule has 35 heavy (non-hydrogen) atoms. The summed E-state index contributed by atoms with van der Waals surface area (Å²) in [5.41, 5.74) is 4.68. The lowest BCUT2D eigenvalue weighted by molar-refractivity contribution is -0.141. The van der Waals surface area contributed by atoms with Crippen molar-refractivity contribution in [1.82, 2.24) is 10.3 Å². The van der Waals surface area contributed by atoms with E-state index in [2.05, 4.69) is 27.8 Å². The van der Waals surface area contributed by atoms with E-state index in [1.54, 1.807) is 18.2 Å². The molecule has 2 amide bonds. The van der Waals surface area contributed by atoms with Crippen LogP contribution in [0, 0.1) is 5.92 Å². The molecule has 2 aromatic carbocycles. The summed E-state index contributed by atoms with van der Waals surface area (Å²) in [6, 6.07) is 20.7. The quantitative estimate of drug-likeness (QED) is 0.490. The van der Waals surface area contributed by atoms with E-state index in [0.717, 1.165) is 22.3 Å². The number of carboxylic acid groups (broad SMARTS) is 1. The minimum Gasteiger partial charge on any atom is -0.481 e. The Hall–Kier alpha value is -4.20. The number of anilines is 1. The number of nitrogens with one attached hydrogen (secondary N) is 2. The molecule has 5 rings (SSSR count). The second kappa shape index (κ2) is 9.58. The lowest BCUT2D eigenvalue weighted by Gasteiger charge is -2.15. The first-order valence-corrected chi connectivity index (χ1v) is 11.6. The van der Waals surface area contributed by atoms with E-state index < -0.39 is 23.9 Å². The van der Waals surface area contributed by atoms with Gasteiger partial charge in [-0.2, -0.15) is 0 Å². The van der Waals surface area contributed by atoms with Crippen LogP contribution in [0.2, 0.25) is 0 Å². The molecule has 2 aliphatic carbocycles. The van der Waals surface area contributed by atoms with Crippen LogP contribution in [-0.4, -0.2) is 40.7 Å². The Morgan fingerprint density at radius 2 is 1.60 bits per heavy atom. The molecular formula is C27H25N3O5. The normalized spacial score (nSPS) is 18.4. The smallest absolute Gasteiger partial charge is 0.412 e. The van der Waals surface area contributed by atoms with Crippen LogP contribution in [-0.2, 0) is 9.53 Å². The monoisotopic (exact) mass is 471 g/mol. The summed E-state index contributed by atoms with van der Waals surface area (Å²) >= 11 is 0. The van der Waals surface area contributed by atoms with E-state index in [0.29, 0.717) is 19.3 Å². The van der Waals surface area contributed by atoms with E-state index in [1.807, 2.05) is 36.4 Å². The van der Waals surface area contributed by atoms with Gasteiger partial charge < -0.3 is 15.2 Å². The maximum atomic E-state index is 12.6. The molecule has 0 saturated heterocycles. The van der Waals surface area contributed by atoms with Crippen LogP contribution in [0.1, 0.15) is 46.8 Å². The van der Waals surface area contributed by atoms with Gasteiger partial charge in [0.25, 0.3) is 5.91 Å². The number of nitrogens with zero attached hydrogens (tertiary/aromatic N) is 1. The summed E-state index contributed by atoms with van der Waals surface area (Å²) < 4.78 is 5.54. The molecule has 1 fully saturated rings. The van der Waals surface area contributed by atoms with Crippen LogP contribution in [0.5, 0.6) is 0 Å². The summed E-state index contributed by atoms with van der Waals surface area (Å²) in [5.74, 6) is -1.54. The second-order valence-electron chi connectivity index (χ2n) is 8.88. The number of carbonyl (C=O) groups is 3. The van der Waals surface area contributed by atoms with Gasteiger partial charge in [0.05, 0.1) is 5.92 Å². The highest BCUT2D eigenvalue weighted by Gasteiger charge is 2.31. The first-order valence-electron chi connectivity index (χ1n) is 11.6. The molecule has 1 saturated carbocycles. The zero-order valence-corrected chi connectivity index (χ0v) is 18.9. The number of hydrogen-bond acceptors (Lipinski definition) is 5. The third-order valence-electron chi connectivity index (χ3n) is 6.67. The Bertz CT molecular complexity index is 1250. The number of aromatic nitrogens is 1. The van der Waals surface area contributed by atoms with Crippen molar-refractivity contribution < 1.29 is 24.2 Å². The highest BCUT2D eigenvalue weighted by molar-refractivity contribution is 5.93. The average molecular weight is 472 g/mol. The lowest BCUT2D eigenvalue weighted by Crippen LogP contribution is -2.34. The number of amides is 2. The first-order chi connectivity index (χ1) is 17.0. The Kier molecular flexibility index (Phi) is 6.18. The SMILES string of the molecule is O=C(Nc1cccc(C(=O)N[C@H]2CC[C@@H](C(=O)O)C2)n1)OCC1c2ccccc2-c2ccccc21. The van der Waals surface area contributed by atoms with Crippen LogP contribution < -0.4 is 10.6 Å². The van der Waals surface area contributed by atoms with Crippen molar-refractivity contribution in [2.45, 2.75) is 31.2 Å². The van der Waals surface area contributed by atoms with Gasteiger partial charge in [0, 0.05) is 12.0 Å². The minimum absolute atomic E-state index is 0.0562. The fraction of sp³-hybridized carbons (Fsp3) is 0.259. The lowest BCUT2D eigenvalue weighted by atomic mass is 9.98. The number of pyridine rings is 1. The Morgan fingerprint density at radius 1 is 0.914 bits per heavy atom. The summed E-state index contributed by atoms with van der Waals surface area (Å²) in [6.45, 7) is 0.173. The van der Waals surface area contributed by atoms with Crippen LogP contribution in [0.25, 0.3) is 11.1 Å². The molecule has 178 valence electrons. The molecule has 8 nitrogen and oxygen atoms in total. The van der Waals surface area contributed by atoms with Crippen LogP contribution in [0.15, 0.2) is 66.7 Å². The predicted octanol–water partition coefficient (Wildman–Crippen LogP) is 4.43. The van der Waals surface area contributed by atoms with Crippen molar-refractivity contribution in [3.8, 4) is 11.1 Å². The Morgan fingerprint density at radius 3 is 2.26 bits per heavy atom. The third-order valence-corrected chi connectivity index (χ3v) is 6.67. The summed E-state index contributed by atoms with van der Waals surface area (Å²) in [4.78, 5) is 40.5. The minimum atomic E-state index is -0.839. The fourth-order valence-corrected chi connectivity index (χ4v) is 4.97. The van der Waals surface area contributed by atoms with Crippen molar-refractivity contribution in [2.75, 3.05) is 11.9 Å². The first kappa shape index (κ1) is 22.6. The van der Waals surface area contributed by atoms with Gasteiger partial charge in [0.15, 0.2) is 0 Å². The molecule has 2 aliphatic rings. The number of hydrogen-bond donors (Lipinski definition) is 3. The van der Waals surface area contributed by atoms with E-state index in [4.69, 9.17) is 9.84 Å². The Balaban J connectivity index is 1.19. The largest absolute Gasteiger partial charge is 0.481 e. The topological polar surface area (TPSA) is 118 Å². The summed E-state index contributed by atoms with van der Waals surface area (Å²) in [7, 11) is 0. The third kappa shape index (κ3) is 4.73. The zero-order valence-electron chi connectivity index (χ0n) is 18.9. The highest BCUT2D eigenvalue weighted by Crippen LogP contribution is 2.44. The molecule has 8 heteroatoms. The van der Waals surface area contributed by atoms with Crippen molar-refractivity contribution in [3.05, 3.63) is 83.6 Å². The number of rotatable bonds is 6. The maximum Gasteiger partial charge on any atom is 0.412 e. The molecular weight excluding hydrogens is 446 g/mol. The summed E-state index contributed by atoms with van der Waals surface area (Å²) in [6.07, 6.45) is 0.896. The van der Waals surface area contributed by atoms with E-state index in [9.17, 15) is 14.4 Å². The standard InChI is InChI=1S/C27H25N3O5/c31-25(28-17-13-12-16(14-17)26(32)33)23-10-5-11-24(29-23)30-27(34)35-15-22-20-8-3-1-6-18(20)19-7-2-4-9-21(19)22/h1-11,16-17,22H,12-15H2,(H,28,31)(H,32,33)(H,29,30,34)/t16-,17+/m1/s1. The molecule has 1 aromatic heterocycles. The molecule has 1 heterocycles. The van der Waals surface area contributed by atoms with Gasteiger partial charge in [-0.15, -0.1) is 0 Å². The van der Waals surface area contributed by atoms with Crippen molar-refractivity contribution >= 4 is 23.8 Å². The Labute approximate surface area is 202 Å². The van der Waals surface area contributed by atoms with Gasteiger partial charge in [-0.25, -0.2) is 9.78 Å². The number of carboxylic acids is 1. The zero-order chi connectivity index (χ0) is 24.4. The average Bonchev–Trinajstić information content (AvgIpc) is 3.46. The van der Waals surface area contributed by atoms with Crippen molar-refractivity contribution in [1.29, 1.82) is 0 Å². The molecule has 0 spiro atoms. The van der Waals surface area contributed by atoms with Gasteiger partial charge >= 0.3 is 12.1 Å². The predicted molar refractivity (Wildman–Crippen MR) is 129 cm³/mol. The number of carbonyl (C=O) groups excluding carboxylic acids is 2. The number of ether oxygens (including phenoxy) is 1. The van der Waals surface area contributed by atoms with Gasteiger partial charge in [-0.05, 0) is 53.6 Å². The van der Waals surface area contributed by atoms with Gasteiger partial charge in [0.1, 0.15) is 18.1 Å². The van der Waals surface area contributed by atoms with E-state index in [-0.39, 0.29) is 30.1 Å². The van der Waals surface area contributed by atoms with Crippen LogP contribution in [0.4, 0.5) is 10.6 Å². The molecule has 0 radical (unpaired) electrons. The highest BCUT2D eigenvalue weighted by atomic mass is 16.5. The van der Waals surface area contributed by atoms with E-state index in [1.165, 1.54) is 0 Å². The number of aliphatic carboxylic acids is 1. The van der Waals surface area contributed by atoms with Crippen molar-refractivity contribution in [2.24, 2.45) is 5.92 Å². The molecule has 0 aliphatic heterocycles. The number of fused-ring (bicyclic) bond motifs is 3. The second-order valence-corrected chi connectivity index (χ2v) is 8.88. The van der Waals surface area contributed by atoms with Gasteiger partial charge in [-0.1, -0.05) is 54.6 Å². The van der Waals surface area contributed by atoms with Crippen molar-refractivity contribution in [3.63, 3.8) is 0 Å². The van der Waals surface area contributed by atoms with E-state index >= 15 is 0 Å². The molecule has 0 bridgehead atoms. The van der Waals surface area contributed by atoms with Gasteiger partial charge in [-0.3, -0.25) is 14.9 Å². The molecule has 3 N–H and O–H groups in total.